The average molecular weight is 345 g/mol. The molecular formula is C13H11BrClNOS. The van der Waals surface area contributed by atoms with Gasteiger partial charge in [0.25, 0.3) is 0 Å². The van der Waals surface area contributed by atoms with Crippen molar-refractivity contribution in [2.24, 2.45) is 0 Å². The normalized spacial score (nSPS) is 10.7. The maximum Gasteiger partial charge on any atom is 0.170 e. The van der Waals surface area contributed by atoms with Crippen LogP contribution in [0.5, 0.6) is 0 Å². The number of halogens is 2. The van der Waals surface area contributed by atoms with E-state index in [-0.39, 0.29) is 5.78 Å². The second-order valence-electron chi connectivity index (χ2n) is 3.97. The van der Waals surface area contributed by atoms with Gasteiger partial charge in [-0.1, -0.05) is 11.6 Å². The van der Waals surface area contributed by atoms with Gasteiger partial charge in [-0.05, 0) is 48.0 Å². The molecule has 0 bridgehead atoms. The van der Waals surface area contributed by atoms with E-state index in [0.717, 1.165) is 20.1 Å². The number of rotatable bonds is 3. The molecule has 18 heavy (non-hydrogen) atoms. The summed E-state index contributed by atoms with van der Waals surface area (Å²) in [5.41, 5.74) is 1.64. The molecule has 0 saturated carbocycles. The van der Waals surface area contributed by atoms with Crippen LogP contribution in [0.4, 0.5) is 0 Å². The van der Waals surface area contributed by atoms with Crippen molar-refractivity contribution in [2.75, 3.05) is 0 Å². The predicted molar refractivity (Wildman–Crippen MR) is 78.8 cm³/mol. The van der Waals surface area contributed by atoms with Gasteiger partial charge in [-0.2, -0.15) is 0 Å². The van der Waals surface area contributed by atoms with E-state index < -0.39 is 0 Å². The van der Waals surface area contributed by atoms with Gasteiger partial charge in [0, 0.05) is 19.9 Å². The topological polar surface area (TPSA) is 30.0 Å². The molecule has 2 rings (SSSR count). The fourth-order valence-electron chi connectivity index (χ4n) is 1.56. The van der Waals surface area contributed by atoms with Crippen molar-refractivity contribution in [3.63, 3.8) is 0 Å². The van der Waals surface area contributed by atoms with E-state index in [9.17, 15) is 4.79 Å². The number of carbonyl (C=O) groups is 1. The van der Waals surface area contributed by atoms with E-state index in [1.54, 1.807) is 29.5 Å². The Kier molecular flexibility index (Phi) is 4.20. The van der Waals surface area contributed by atoms with Crippen LogP contribution in [-0.2, 0) is 6.42 Å². The Morgan fingerprint density at radius 3 is 2.72 bits per heavy atom. The molecule has 0 radical (unpaired) electrons. The van der Waals surface area contributed by atoms with Crippen molar-refractivity contribution in [1.82, 2.24) is 4.98 Å². The Hall–Kier alpha value is -0.710. The van der Waals surface area contributed by atoms with E-state index in [1.165, 1.54) is 0 Å². The van der Waals surface area contributed by atoms with Crippen molar-refractivity contribution in [1.29, 1.82) is 0 Å². The Bertz CT molecular complexity index is 590. The summed E-state index contributed by atoms with van der Waals surface area (Å²) in [6.07, 6.45) is 0.333. The van der Waals surface area contributed by atoms with Gasteiger partial charge >= 0.3 is 0 Å². The molecule has 1 aromatic carbocycles. The minimum atomic E-state index is 0.0484. The molecule has 0 fully saturated rings. The van der Waals surface area contributed by atoms with Gasteiger partial charge < -0.3 is 0 Å². The molecule has 0 aliphatic carbocycles. The zero-order chi connectivity index (χ0) is 13.3. The number of nitrogens with zero attached hydrogens (tertiary/aromatic N) is 1. The van der Waals surface area contributed by atoms with Gasteiger partial charge in [0.1, 0.15) is 5.01 Å². The highest BCUT2D eigenvalue weighted by atomic mass is 79.9. The first kappa shape index (κ1) is 13.7. The molecule has 0 unspecified atom stereocenters. The molecule has 0 N–H and O–H groups in total. The SMILES string of the molecule is Cc1nc(CC(=O)c2ccc(Cl)cc2Br)sc1C. The quantitative estimate of drug-likeness (QED) is 0.762. The molecule has 5 heteroatoms. The number of Topliss-reactive ketones (excluding diaryl/α,β-unsaturated/α-hetero) is 1. The second kappa shape index (κ2) is 5.51. The van der Waals surface area contributed by atoms with Gasteiger partial charge in [0.15, 0.2) is 5.78 Å². The lowest BCUT2D eigenvalue weighted by atomic mass is 10.1. The smallest absolute Gasteiger partial charge is 0.170 e. The van der Waals surface area contributed by atoms with E-state index in [0.29, 0.717) is 17.0 Å². The predicted octanol–water partition coefficient (Wildman–Crippen LogP) is 4.60. The number of aryl methyl sites for hydroxylation is 2. The third kappa shape index (κ3) is 2.99. The zero-order valence-corrected chi connectivity index (χ0v) is 13.1. The standard InChI is InChI=1S/C13H11BrClNOS/c1-7-8(2)18-13(16-7)6-12(17)10-4-3-9(15)5-11(10)14/h3-5H,6H2,1-2H3. The first-order valence-electron chi connectivity index (χ1n) is 5.38. The molecule has 0 saturated heterocycles. The number of hydrogen-bond donors (Lipinski definition) is 0. The largest absolute Gasteiger partial charge is 0.294 e. The highest BCUT2D eigenvalue weighted by Crippen LogP contribution is 2.24. The summed E-state index contributed by atoms with van der Waals surface area (Å²) in [5, 5.41) is 1.47. The van der Waals surface area contributed by atoms with Crippen molar-refractivity contribution < 1.29 is 4.79 Å². The van der Waals surface area contributed by atoms with Crippen LogP contribution in [0.25, 0.3) is 0 Å². The average Bonchev–Trinajstić information content (AvgIpc) is 2.57. The van der Waals surface area contributed by atoms with E-state index >= 15 is 0 Å². The van der Waals surface area contributed by atoms with Gasteiger partial charge in [-0.25, -0.2) is 4.98 Å². The van der Waals surface area contributed by atoms with E-state index in [1.807, 2.05) is 13.8 Å². The summed E-state index contributed by atoms with van der Waals surface area (Å²) in [5.74, 6) is 0.0484. The Balaban J connectivity index is 2.22. The highest BCUT2D eigenvalue weighted by molar-refractivity contribution is 9.10. The molecule has 0 amide bonds. The van der Waals surface area contributed by atoms with Gasteiger partial charge in [0.05, 0.1) is 12.1 Å². The molecular weight excluding hydrogens is 334 g/mol. The number of aromatic nitrogens is 1. The van der Waals surface area contributed by atoms with Crippen LogP contribution in [0, 0.1) is 13.8 Å². The molecule has 1 aromatic heterocycles. The summed E-state index contributed by atoms with van der Waals surface area (Å²) in [6, 6.07) is 5.19. The van der Waals surface area contributed by atoms with Crippen LogP contribution in [0.1, 0.15) is 25.9 Å². The number of carbonyl (C=O) groups excluding carboxylic acids is 1. The van der Waals surface area contributed by atoms with Crippen molar-refractivity contribution in [3.05, 3.63) is 48.8 Å². The van der Waals surface area contributed by atoms with Crippen LogP contribution >= 0.6 is 38.9 Å². The summed E-state index contributed by atoms with van der Waals surface area (Å²) in [7, 11) is 0. The van der Waals surface area contributed by atoms with Crippen LogP contribution in [0.3, 0.4) is 0 Å². The van der Waals surface area contributed by atoms with Crippen LogP contribution in [0.15, 0.2) is 22.7 Å². The Morgan fingerprint density at radius 2 is 2.17 bits per heavy atom. The molecule has 0 aliphatic heterocycles. The fourth-order valence-corrected chi connectivity index (χ4v) is 3.40. The lowest BCUT2D eigenvalue weighted by Crippen LogP contribution is -2.04. The summed E-state index contributed by atoms with van der Waals surface area (Å²) >= 11 is 10.8. The minimum absolute atomic E-state index is 0.0484. The number of hydrogen-bond acceptors (Lipinski definition) is 3. The van der Waals surface area contributed by atoms with Gasteiger partial charge in [-0.3, -0.25) is 4.79 Å². The minimum Gasteiger partial charge on any atom is -0.294 e. The van der Waals surface area contributed by atoms with Crippen LogP contribution < -0.4 is 0 Å². The highest BCUT2D eigenvalue weighted by Gasteiger charge is 2.14. The first-order valence-corrected chi connectivity index (χ1v) is 7.37. The lowest BCUT2D eigenvalue weighted by molar-refractivity contribution is 0.0992. The summed E-state index contributed by atoms with van der Waals surface area (Å²) < 4.78 is 0.727. The second-order valence-corrected chi connectivity index (χ2v) is 6.55. The summed E-state index contributed by atoms with van der Waals surface area (Å²) in [6.45, 7) is 3.97. The number of thiazole rings is 1. The maximum atomic E-state index is 12.2. The van der Waals surface area contributed by atoms with Crippen molar-refractivity contribution in [3.8, 4) is 0 Å². The third-order valence-electron chi connectivity index (χ3n) is 2.62. The number of benzene rings is 1. The first-order chi connectivity index (χ1) is 8.47. The zero-order valence-electron chi connectivity index (χ0n) is 9.96. The van der Waals surface area contributed by atoms with Crippen molar-refractivity contribution in [2.45, 2.75) is 20.3 Å². The maximum absolute atomic E-state index is 12.2. The molecule has 0 atom stereocenters. The molecule has 1 heterocycles. The summed E-state index contributed by atoms with van der Waals surface area (Å²) in [4.78, 5) is 17.7. The van der Waals surface area contributed by atoms with Crippen molar-refractivity contribution >= 4 is 44.7 Å². The molecule has 2 aromatic rings. The lowest BCUT2D eigenvalue weighted by Gasteiger charge is -2.02. The third-order valence-corrected chi connectivity index (χ3v) is 4.58. The van der Waals surface area contributed by atoms with Gasteiger partial charge in [0.2, 0.25) is 0 Å². The fraction of sp³-hybridized carbons (Fsp3) is 0.231. The van der Waals surface area contributed by atoms with E-state index in [2.05, 4.69) is 20.9 Å². The monoisotopic (exact) mass is 343 g/mol. The molecule has 0 spiro atoms. The van der Waals surface area contributed by atoms with Crippen LogP contribution in [0.2, 0.25) is 5.02 Å². The number of ketones is 1. The molecule has 2 nitrogen and oxygen atoms in total. The molecule has 94 valence electrons. The van der Waals surface area contributed by atoms with Gasteiger partial charge in [-0.15, -0.1) is 11.3 Å². The Morgan fingerprint density at radius 1 is 1.44 bits per heavy atom. The van der Waals surface area contributed by atoms with E-state index in [4.69, 9.17) is 11.6 Å². The van der Waals surface area contributed by atoms with Crippen LogP contribution in [-0.4, -0.2) is 10.8 Å². The molecule has 0 aliphatic rings. The Labute approximate surface area is 123 Å².